The molecule has 0 aliphatic carbocycles. The molecular weight excluding hydrogens is 479 g/mol. The maximum Gasteiger partial charge on any atom is 0.293 e. The zero-order valence-electron chi connectivity index (χ0n) is 15.3. The van der Waals surface area contributed by atoms with Gasteiger partial charge in [0.05, 0.1) is 10.5 Å². The monoisotopic (exact) mass is 492 g/mol. The summed E-state index contributed by atoms with van der Waals surface area (Å²) >= 11 is 3.94. The van der Waals surface area contributed by atoms with Crippen LogP contribution in [0.2, 0.25) is 0 Å². The Kier molecular flexibility index (Phi) is 5.78. The van der Waals surface area contributed by atoms with Gasteiger partial charge in [0.25, 0.3) is 17.1 Å². The molecule has 4 rings (SSSR count). The second kappa shape index (κ2) is 8.49. The Bertz CT molecular complexity index is 1090. The lowest BCUT2D eigenvalue weighted by atomic mass is 10.2. The molecular formula is C20H14BrFN2O5S. The number of nitrogens with zero attached hydrogens (tertiary/aromatic N) is 1. The highest BCUT2D eigenvalue weighted by atomic mass is 79.9. The van der Waals surface area contributed by atoms with Gasteiger partial charge in [0.15, 0.2) is 11.5 Å². The molecule has 0 atom stereocenters. The summed E-state index contributed by atoms with van der Waals surface area (Å²) < 4.78 is 24.9. The number of rotatable bonds is 5. The van der Waals surface area contributed by atoms with Crippen molar-refractivity contribution in [1.29, 1.82) is 0 Å². The Morgan fingerprint density at radius 3 is 2.80 bits per heavy atom. The van der Waals surface area contributed by atoms with E-state index in [-0.39, 0.29) is 30.4 Å². The smallest absolute Gasteiger partial charge is 0.293 e. The molecule has 1 fully saturated rings. The van der Waals surface area contributed by atoms with Crippen LogP contribution in [0.4, 0.5) is 9.18 Å². The molecule has 10 heteroatoms. The molecule has 0 radical (unpaired) electrons. The molecule has 7 nitrogen and oxygen atoms in total. The van der Waals surface area contributed by atoms with Gasteiger partial charge < -0.3 is 14.8 Å². The standard InChI is InChI=1S/C20H14BrFN2O5S/c21-12-2-3-13(14(22)9-12)18(25)23-5-6-24-19(26)17(30-20(24)27)8-11-1-4-15-16(7-11)29-10-28-15/h1-4,7-9H,5-6,10H2,(H,23,25)/b17-8+. The van der Waals surface area contributed by atoms with Gasteiger partial charge in [-0.3, -0.25) is 19.3 Å². The van der Waals surface area contributed by atoms with Crippen LogP contribution in [0.1, 0.15) is 15.9 Å². The molecule has 0 bridgehead atoms. The SMILES string of the molecule is O=C(NCCN1C(=O)S/C(=C/c2ccc3c(c2)OCO3)C1=O)c1ccc(Br)cc1F. The zero-order chi connectivity index (χ0) is 21.3. The van der Waals surface area contributed by atoms with Crippen molar-refractivity contribution in [2.45, 2.75) is 0 Å². The highest BCUT2D eigenvalue weighted by molar-refractivity contribution is 9.10. The second-order valence-electron chi connectivity index (χ2n) is 6.33. The first-order chi connectivity index (χ1) is 14.4. The Labute approximate surface area is 183 Å². The molecule has 0 aromatic heterocycles. The summed E-state index contributed by atoms with van der Waals surface area (Å²) in [6.45, 7) is 0.127. The van der Waals surface area contributed by atoms with Crippen molar-refractivity contribution in [2.24, 2.45) is 0 Å². The summed E-state index contributed by atoms with van der Waals surface area (Å²) in [6, 6.07) is 9.30. The predicted octanol–water partition coefficient (Wildman–Crippen LogP) is 3.78. The van der Waals surface area contributed by atoms with E-state index in [1.165, 1.54) is 12.1 Å². The summed E-state index contributed by atoms with van der Waals surface area (Å²) in [6.07, 6.45) is 1.60. The van der Waals surface area contributed by atoms with E-state index in [1.54, 1.807) is 30.3 Å². The Hall–Kier alpha value is -2.85. The van der Waals surface area contributed by atoms with Crippen LogP contribution < -0.4 is 14.8 Å². The number of fused-ring (bicyclic) bond motifs is 1. The molecule has 0 saturated carbocycles. The van der Waals surface area contributed by atoms with Gasteiger partial charge in [-0.05, 0) is 53.7 Å². The predicted molar refractivity (Wildman–Crippen MR) is 112 cm³/mol. The van der Waals surface area contributed by atoms with Gasteiger partial charge in [-0.1, -0.05) is 22.0 Å². The third kappa shape index (κ3) is 4.19. The van der Waals surface area contributed by atoms with Crippen molar-refractivity contribution < 1.29 is 28.2 Å². The maximum atomic E-state index is 13.9. The number of nitrogens with one attached hydrogen (secondary N) is 1. The number of imide groups is 1. The molecule has 2 aliphatic heterocycles. The van der Waals surface area contributed by atoms with Crippen molar-refractivity contribution in [1.82, 2.24) is 10.2 Å². The topological polar surface area (TPSA) is 84.9 Å². The summed E-state index contributed by atoms with van der Waals surface area (Å²) in [4.78, 5) is 38.2. The fourth-order valence-electron chi connectivity index (χ4n) is 2.90. The largest absolute Gasteiger partial charge is 0.454 e. The first-order valence-electron chi connectivity index (χ1n) is 8.80. The molecule has 0 unspecified atom stereocenters. The van der Waals surface area contributed by atoms with Crippen LogP contribution in [0.25, 0.3) is 6.08 Å². The van der Waals surface area contributed by atoms with Gasteiger partial charge in [0.1, 0.15) is 5.82 Å². The summed E-state index contributed by atoms with van der Waals surface area (Å²) in [5.41, 5.74) is 0.582. The van der Waals surface area contributed by atoms with E-state index in [0.29, 0.717) is 21.5 Å². The van der Waals surface area contributed by atoms with Crippen LogP contribution in [0.15, 0.2) is 45.8 Å². The molecule has 2 heterocycles. The van der Waals surface area contributed by atoms with Crippen molar-refractivity contribution in [3.8, 4) is 11.5 Å². The molecule has 2 aliphatic rings. The van der Waals surface area contributed by atoms with Crippen LogP contribution >= 0.6 is 27.7 Å². The highest BCUT2D eigenvalue weighted by Crippen LogP contribution is 2.36. The number of amides is 3. The molecule has 3 amide bonds. The van der Waals surface area contributed by atoms with Crippen molar-refractivity contribution >= 4 is 50.8 Å². The zero-order valence-corrected chi connectivity index (χ0v) is 17.7. The van der Waals surface area contributed by atoms with E-state index in [9.17, 15) is 18.8 Å². The molecule has 1 N–H and O–H groups in total. The minimum Gasteiger partial charge on any atom is -0.454 e. The molecule has 0 spiro atoms. The van der Waals surface area contributed by atoms with Gasteiger partial charge in [-0.25, -0.2) is 4.39 Å². The van der Waals surface area contributed by atoms with Gasteiger partial charge in [-0.15, -0.1) is 0 Å². The third-order valence-corrected chi connectivity index (χ3v) is 5.77. The molecule has 1 saturated heterocycles. The number of thioether (sulfide) groups is 1. The number of carbonyl (C=O) groups is 3. The second-order valence-corrected chi connectivity index (χ2v) is 8.23. The third-order valence-electron chi connectivity index (χ3n) is 4.36. The normalized spacial score (nSPS) is 16.5. The lowest BCUT2D eigenvalue weighted by Crippen LogP contribution is -2.37. The fourth-order valence-corrected chi connectivity index (χ4v) is 4.10. The number of benzene rings is 2. The number of hydrogen-bond donors (Lipinski definition) is 1. The minimum atomic E-state index is -0.667. The average Bonchev–Trinajstić information content (AvgIpc) is 3.27. The Morgan fingerprint density at radius 2 is 2.00 bits per heavy atom. The highest BCUT2D eigenvalue weighted by Gasteiger charge is 2.34. The van der Waals surface area contributed by atoms with Crippen LogP contribution in [0.3, 0.4) is 0 Å². The van der Waals surface area contributed by atoms with Gasteiger partial charge in [-0.2, -0.15) is 0 Å². The van der Waals surface area contributed by atoms with Crippen LogP contribution in [-0.2, 0) is 4.79 Å². The number of hydrogen-bond acceptors (Lipinski definition) is 6. The first kappa shape index (κ1) is 20.4. The Balaban J connectivity index is 1.38. The lowest BCUT2D eigenvalue weighted by molar-refractivity contribution is -0.122. The van der Waals surface area contributed by atoms with Gasteiger partial charge in [0.2, 0.25) is 6.79 Å². The van der Waals surface area contributed by atoms with Crippen LogP contribution in [0, 0.1) is 5.82 Å². The van der Waals surface area contributed by atoms with Crippen LogP contribution in [0.5, 0.6) is 11.5 Å². The summed E-state index contributed by atoms with van der Waals surface area (Å²) in [5.74, 6) is -0.543. The molecule has 2 aromatic carbocycles. The molecule has 154 valence electrons. The van der Waals surface area contributed by atoms with E-state index in [2.05, 4.69) is 21.2 Å². The quantitative estimate of drug-likeness (QED) is 0.639. The van der Waals surface area contributed by atoms with Crippen molar-refractivity contribution in [2.75, 3.05) is 19.9 Å². The first-order valence-corrected chi connectivity index (χ1v) is 10.4. The van der Waals surface area contributed by atoms with Crippen molar-refractivity contribution in [3.05, 3.63) is 62.7 Å². The molecule has 2 aromatic rings. The van der Waals surface area contributed by atoms with E-state index in [1.807, 2.05) is 0 Å². The van der Waals surface area contributed by atoms with E-state index >= 15 is 0 Å². The fraction of sp³-hybridized carbons (Fsp3) is 0.150. The number of halogens is 2. The van der Waals surface area contributed by atoms with E-state index < -0.39 is 22.9 Å². The van der Waals surface area contributed by atoms with Gasteiger partial charge >= 0.3 is 0 Å². The summed E-state index contributed by atoms with van der Waals surface area (Å²) in [5, 5.41) is 2.09. The average molecular weight is 493 g/mol. The minimum absolute atomic E-state index is 0.00365. The molecule has 30 heavy (non-hydrogen) atoms. The van der Waals surface area contributed by atoms with E-state index in [0.717, 1.165) is 16.7 Å². The number of ether oxygens (including phenoxy) is 2. The lowest BCUT2D eigenvalue weighted by Gasteiger charge is -2.13. The van der Waals surface area contributed by atoms with E-state index in [4.69, 9.17) is 9.47 Å². The number of carbonyl (C=O) groups excluding carboxylic acids is 3. The van der Waals surface area contributed by atoms with Crippen LogP contribution in [-0.4, -0.2) is 41.8 Å². The summed E-state index contributed by atoms with van der Waals surface area (Å²) in [7, 11) is 0. The van der Waals surface area contributed by atoms with Gasteiger partial charge in [0, 0.05) is 17.6 Å². The van der Waals surface area contributed by atoms with Crippen molar-refractivity contribution in [3.63, 3.8) is 0 Å². The maximum absolute atomic E-state index is 13.9. The Morgan fingerprint density at radius 1 is 1.20 bits per heavy atom.